The molecule has 1 aliphatic carbocycles. The van der Waals surface area contributed by atoms with Crippen LogP contribution in [0.25, 0.3) is 0 Å². The summed E-state index contributed by atoms with van der Waals surface area (Å²) in [6.45, 7) is 3.85. The molecule has 0 spiro atoms. The molecule has 4 heteroatoms. The molecule has 1 aliphatic rings. The molecule has 0 aliphatic heterocycles. The average Bonchev–Trinajstić information content (AvgIpc) is 2.35. The number of hydrogen-bond acceptors (Lipinski definition) is 1. The summed E-state index contributed by atoms with van der Waals surface area (Å²) < 4.78 is 39.0. The summed E-state index contributed by atoms with van der Waals surface area (Å²) in [7, 11) is 0. The van der Waals surface area contributed by atoms with E-state index in [2.05, 4.69) is 0 Å². The summed E-state index contributed by atoms with van der Waals surface area (Å²) in [5, 5.41) is 9.94. The summed E-state index contributed by atoms with van der Waals surface area (Å²) in [4.78, 5) is 0. The van der Waals surface area contributed by atoms with Gasteiger partial charge in [0.1, 0.15) is 0 Å². The van der Waals surface area contributed by atoms with E-state index in [-0.39, 0.29) is 18.3 Å². The van der Waals surface area contributed by atoms with Gasteiger partial charge >= 0.3 is 6.18 Å². The highest BCUT2D eigenvalue weighted by Gasteiger charge is 2.55. The molecule has 0 heterocycles. The molecule has 18 heavy (non-hydrogen) atoms. The van der Waals surface area contributed by atoms with Crippen molar-refractivity contribution in [2.45, 2.75) is 50.3 Å². The van der Waals surface area contributed by atoms with Crippen molar-refractivity contribution < 1.29 is 18.3 Å². The van der Waals surface area contributed by atoms with Crippen molar-refractivity contribution in [3.05, 3.63) is 35.4 Å². The minimum absolute atomic E-state index is 0.252. The van der Waals surface area contributed by atoms with Gasteiger partial charge in [-0.05, 0) is 29.4 Å². The monoisotopic (exact) mass is 258 g/mol. The van der Waals surface area contributed by atoms with Crippen LogP contribution >= 0.6 is 0 Å². The van der Waals surface area contributed by atoms with E-state index in [1.54, 1.807) is 12.1 Å². The zero-order chi connectivity index (χ0) is 13.6. The predicted molar refractivity (Wildman–Crippen MR) is 63.4 cm³/mol. The smallest absolute Gasteiger partial charge is 0.380 e. The first kappa shape index (κ1) is 13.4. The van der Waals surface area contributed by atoms with E-state index < -0.39 is 11.8 Å². The third-order valence-electron chi connectivity index (χ3n) is 3.92. The highest BCUT2D eigenvalue weighted by molar-refractivity contribution is 5.36. The standard InChI is InChI=1S/C14H17F3O/c1-12(2)7-8-13(18,14(15,16)17)9-10-5-3-4-6-11(10)12/h3-6,18H,7-9H2,1-2H3. The first-order valence-corrected chi connectivity index (χ1v) is 6.03. The molecule has 0 saturated heterocycles. The van der Waals surface area contributed by atoms with Gasteiger partial charge in [0.2, 0.25) is 0 Å². The van der Waals surface area contributed by atoms with Crippen molar-refractivity contribution in [2.24, 2.45) is 0 Å². The lowest BCUT2D eigenvalue weighted by atomic mass is 9.80. The molecule has 0 radical (unpaired) electrons. The van der Waals surface area contributed by atoms with Crippen LogP contribution in [0.1, 0.15) is 37.8 Å². The molecular weight excluding hydrogens is 241 g/mol. The number of hydrogen-bond donors (Lipinski definition) is 1. The van der Waals surface area contributed by atoms with E-state index in [1.807, 2.05) is 26.0 Å². The van der Waals surface area contributed by atoms with E-state index in [1.165, 1.54) is 0 Å². The number of benzene rings is 1. The molecule has 0 bridgehead atoms. The Morgan fingerprint density at radius 2 is 1.72 bits per heavy atom. The zero-order valence-corrected chi connectivity index (χ0v) is 10.5. The van der Waals surface area contributed by atoms with Crippen molar-refractivity contribution in [2.75, 3.05) is 0 Å². The molecule has 1 atom stereocenters. The quantitative estimate of drug-likeness (QED) is 0.705. The highest BCUT2D eigenvalue weighted by Crippen LogP contribution is 2.44. The van der Waals surface area contributed by atoms with Gasteiger partial charge in [-0.2, -0.15) is 13.2 Å². The molecule has 2 rings (SSSR count). The first-order valence-electron chi connectivity index (χ1n) is 6.03. The van der Waals surface area contributed by atoms with Crippen molar-refractivity contribution in [1.29, 1.82) is 0 Å². The van der Waals surface area contributed by atoms with Crippen LogP contribution in [0.15, 0.2) is 24.3 Å². The van der Waals surface area contributed by atoms with Crippen LogP contribution < -0.4 is 0 Å². The Labute approximate surface area is 105 Å². The van der Waals surface area contributed by atoms with E-state index in [0.717, 1.165) is 5.56 Å². The molecule has 1 nitrogen and oxygen atoms in total. The fraction of sp³-hybridized carbons (Fsp3) is 0.571. The lowest BCUT2D eigenvalue weighted by Crippen LogP contribution is -2.46. The Bertz CT molecular complexity index is 451. The minimum atomic E-state index is -4.58. The van der Waals surface area contributed by atoms with Gasteiger partial charge in [0.15, 0.2) is 5.60 Å². The number of alkyl halides is 3. The third kappa shape index (κ3) is 2.14. The Morgan fingerprint density at radius 3 is 2.33 bits per heavy atom. The molecule has 1 N–H and O–H groups in total. The van der Waals surface area contributed by atoms with E-state index in [4.69, 9.17) is 0 Å². The van der Waals surface area contributed by atoms with Crippen molar-refractivity contribution in [3.8, 4) is 0 Å². The molecule has 1 aromatic rings. The van der Waals surface area contributed by atoms with Gasteiger partial charge in [-0.25, -0.2) is 0 Å². The fourth-order valence-corrected chi connectivity index (χ4v) is 2.63. The second-order valence-electron chi connectivity index (χ2n) is 5.75. The maximum atomic E-state index is 13.0. The van der Waals surface area contributed by atoms with Gasteiger partial charge in [-0.3, -0.25) is 0 Å². The predicted octanol–water partition coefficient (Wildman–Crippen LogP) is 3.59. The van der Waals surface area contributed by atoms with Crippen LogP contribution in [0.3, 0.4) is 0 Å². The minimum Gasteiger partial charge on any atom is -0.380 e. The Hall–Kier alpha value is -1.03. The molecule has 1 aromatic carbocycles. The summed E-state index contributed by atoms with van der Waals surface area (Å²) in [6.07, 6.45) is -4.87. The number of halogens is 3. The average molecular weight is 258 g/mol. The summed E-state index contributed by atoms with van der Waals surface area (Å²) >= 11 is 0. The fourth-order valence-electron chi connectivity index (χ4n) is 2.63. The van der Waals surface area contributed by atoms with Crippen LogP contribution in [0.4, 0.5) is 13.2 Å². The van der Waals surface area contributed by atoms with Crippen molar-refractivity contribution >= 4 is 0 Å². The largest absolute Gasteiger partial charge is 0.417 e. The van der Waals surface area contributed by atoms with Crippen LogP contribution in [-0.4, -0.2) is 16.9 Å². The summed E-state index contributed by atoms with van der Waals surface area (Å²) in [5.41, 5.74) is -1.44. The Kier molecular flexibility index (Phi) is 2.97. The van der Waals surface area contributed by atoms with Gasteiger partial charge in [-0.1, -0.05) is 38.1 Å². The van der Waals surface area contributed by atoms with Crippen molar-refractivity contribution in [1.82, 2.24) is 0 Å². The number of rotatable bonds is 0. The lowest BCUT2D eigenvalue weighted by Gasteiger charge is -2.30. The molecule has 0 saturated carbocycles. The summed E-state index contributed by atoms with van der Waals surface area (Å²) in [6, 6.07) is 7.09. The first-order chi connectivity index (χ1) is 8.16. The van der Waals surface area contributed by atoms with E-state index in [0.29, 0.717) is 12.0 Å². The molecule has 0 aromatic heterocycles. The van der Waals surface area contributed by atoms with Gasteiger partial charge < -0.3 is 5.11 Å². The maximum absolute atomic E-state index is 13.0. The van der Waals surface area contributed by atoms with Crippen LogP contribution in [0.5, 0.6) is 0 Å². The molecular formula is C14H17F3O. The molecule has 0 amide bonds. The number of fused-ring (bicyclic) bond motifs is 1. The highest BCUT2D eigenvalue weighted by atomic mass is 19.4. The second-order valence-corrected chi connectivity index (χ2v) is 5.75. The van der Waals surface area contributed by atoms with Crippen molar-refractivity contribution in [3.63, 3.8) is 0 Å². The zero-order valence-electron chi connectivity index (χ0n) is 10.5. The van der Waals surface area contributed by atoms with Gasteiger partial charge in [0, 0.05) is 6.42 Å². The Morgan fingerprint density at radius 1 is 1.11 bits per heavy atom. The van der Waals surface area contributed by atoms with Gasteiger partial charge in [-0.15, -0.1) is 0 Å². The third-order valence-corrected chi connectivity index (χ3v) is 3.92. The van der Waals surface area contributed by atoms with E-state index in [9.17, 15) is 18.3 Å². The maximum Gasteiger partial charge on any atom is 0.417 e. The van der Waals surface area contributed by atoms with Crippen LogP contribution in [-0.2, 0) is 11.8 Å². The topological polar surface area (TPSA) is 20.2 Å². The molecule has 100 valence electrons. The normalized spacial score (nSPS) is 27.4. The van der Waals surface area contributed by atoms with Gasteiger partial charge in [0.25, 0.3) is 0 Å². The SMILES string of the molecule is CC1(C)CCC(O)(C(F)(F)F)Cc2ccccc21. The Balaban J connectivity index is 2.50. The molecule has 1 unspecified atom stereocenters. The van der Waals surface area contributed by atoms with E-state index >= 15 is 0 Å². The lowest BCUT2D eigenvalue weighted by molar-refractivity contribution is -0.262. The van der Waals surface area contributed by atoms with Crippen LogP contribution in [0.2, 0.25) is 0 Å². The molecule has 0 fully saturated rings. The van der Waals surface area contributed by atoms with Crippen LogP contribution in [0, 0.1) is 0 Å². The number of aliphatic hydroxyl groups is 1. The summed E-state index contributed by atoms with van der Waals surface area (Å²) in [5.74, 6) is 0. The second kappa shape index (κ2) is 3.98. The van der Waals surface area contributed by atoms with Gasteiger partial charge in [0.05, 0.1) is 0 Å².